The molecule has 1 saturated carbocycles. The fourth-order valence-corrected chi connectivity index (χ4v) is 4.00. The predicted molar refractivity (Wildman–Crippen MR) is 109 cm³/mol. The van der Waals surface area contributed by atoms with Gasteiger partial charge >= 0.3 is 0 Å². The number of amides is 1. The summed E-state index contributed by atoms with van der Waals surface area (Å²) in [5.41, 5.74) is 0.167. The molecule has 162 valence electrons. The second-order valence-corrected chi connectivity index (χ2v) is 8.19. The summed E-state index contributed by atoms with van der Waals surface area (Å²) < 4.78 is 55.5. The van der Waals surface area contributed by atoms with Gasteiger partial charge in [-0.25, -0.2) is 17.6 Å². The van der Waals surface area contributed by atoms with Gasteiger partial charge in [0, 0.05) is 18.2 Å². The number of carbonyl (C=O) groups is 1. The highest BCUT2D eigenvalue weighted by Gasteiger charge is 2.29. The van der Waals surface area contributed by atoms with Crippen LogP contribution in [0, 0.1) is 43.0 Å². The van der Waals surface area contributed by atoms with Crippen molar-refractivity contribution in [2.24, 2.45) is 5.92 Å². The van der Waals surface area contributed by atoms with Crippen molar-refractivity contribution >= 4 is 23.2 Å². The standard InChI is InChI=1S/C22H23ClF4N2O/c1-11-3-8-15(24)16(9-11)28-10-13-4-6-14(7-5-13)29-22(30)17-18(23)21(27)20(26)12(2)19(17)25/h3,8-9,13-14,28H,4-7,10H2,1-2H3,(H,29,30). The molecule has 1 aliphatic rings. The fraction of sp³-hybridized carbons (Fsp3) is 0.409. The third-order valence-electron chi connectivity index (χ3n) is 5.59. The monoisotopic (exact) mass is 442 g/mol. The molecule has 3 rings (SSSR count). The maximum Gasteiger partial charge on any atom is 0.256 e. The van der Waals surface area contributed by atoms with Crippen molar-refractivity contribution < 1.29 is 22.4 Å². The van der Waals surface area contributed by atoms with Crippen LogP contribution in [0.5, 0.6) is 0 Å². The molecule has 0 bridgehead atoms. The fourth-order valence-electron chi connectivity index (χ4n) is 3.75. The van der Waals surface area contributed by atoms with E-state index in [4.69, 9.17) is 11.6 Å². The van der Waals surface area contributed by atoms with Gasteiger partial charge in [0.2, 0.25) is 0 Å². The summed E-state index contributed by atoms with van der Waals surface area (Å²) >= 11 is 5.68. The van der Waals surface area contributed by atoms with Gasteiger partial charge < -0.3 is 10.6 Å². The molecule has 0 spiro atoms. The third-order valence-corrected chi connectivity index (χ3v) is 5.95. The smallest absolute Gasteiger partial charge is 0.256 e. The van der Waals surface area contributed by atoms with Gasteiger partial charge in [-0.2, -0.15) is 0 Å². The molecule has 0 heterocycles. The van der Waals surface area contributed by atoms with E-state index in [0.29, 0.717) is 31.0 Å². The van der Waals surface area contributed by atoms with Crippen LogP contribution in [0.3, 0.4) is 0 Å². The molecule has 2 aromatic rings. The van der Waals surface area contributed by atoms with Crippen LogP contribution in [-0.2, 0) is 0 Å². The summed E-state index contributed by atoms with van der Waals surface area (Å²) in [5, 5.41) is 4.94. The van der Waals surface area contributed by atoms with E-state index >= 15 is 0 Å². The Hall–Kier alpha value is -2.28. The lowest BCUT2D eigenvalue weighted by atomic mass is 9.85. The van der Waals surface area contributed by atoms with Crippen LogP contribution >= 0.6 is 11.6 Å². The van der Waals surface area contributed by atoms with Crippen molar-refractivity contribution in [3.63, 3.8) is 0 Å². The van der Waals surface area contributed by atoms with Crippen LogP contribution in [-0.4, -0.2) is 18.5 Å². The molecule has 0 aliphatic heterocycles. The zero-order valence-electron chi connectivity index (χ0n) is 16.7. The van der Waals surface area contributed by atoms with Crippen LogP contribution in [0.1, 0.15) is 47.2 Å². The number of anilines is 1. The largest absolute Gasteiger partial charge is 0.382 e. The molecule has 1 aliphatic carbocycles. The zero-order chi connectivity index (χ0) is 22.0. The number of nitrogens with one attached hydrogen (secondary N) is 2. The third kappa shape index (κ3) is 4.72. The van der Waals surface area contributed by atoms with Crippen LogP contribution in [0.15, 0.2) is 18.2 Å². The number of benzene rings is 2. The van der Waals surface area contributed by atoms with E-state index in [1.165, 1.54) is 6.07 Å². The van der Waals surface area contributed by atoms with Gasteiger partial charge in [-0.1, -0.05) is 17.7 Å². The van der Waals surface area contributed by atoms with Crippen molar-refractivity contribution in [2.45, 2.75) is 45.6 Å². The molecule has 2 N–H and O–H groups in total. The highest BCUT2D eigenvalue weighted by Crippen LogP contribution is 2.30. The van der Waals surface area contributed by atoms with Crippen LogP contribution in [0.2, 0.25) is 5.02 Å². The minimum Gasteiger partial charge on any atom is -0.382 e. The van der Waals surface area contributed by atoms with E-state index in [2.05, 4.69) is 10.6 Å². The topological polar surface area (TPSA) is 41.1 Å². The van der Waals surface area contributed by atoms with Gasteiger partial charge in [-0.05, 0) is 63.1 Å². The first-order valence-electron chi connectivity index (χ1n) is 9.82. The molecule has 1 fully saturated rings. The molecule has 8 heteroatoms. The van der Waals surface area contributed by atoms with Gasteiger partial charge in [0.15, 0.2) is 11.6 Å². The minimum atomic E-state index is -1.43. The van der Waals surface area contributed by atoms with Gasteiger partial charge in [0.1, 0.15) is 11.6 Å². The molecule has 0 radical (unpaired) electrons. The van der Waals surface area contributed by atoms with E-state index in [-0.39, 0.29) is 11.9 Å². The molecule has 1 amide bonds. The van der Waals surface area contributed by atoms with Crippen molar-refractivity contribution in [3.8, 4) is 0 Å². The number of rotatable bonds is 5. The van der Waals surface area contributed by atoms with Gasteiger partial charge in [-0.15, -0.1) is 0 Å². The Morgan fingerprint density at radius 2 is 1.70 bits per heavy atom. The van der Waals surface area contributed by atoms with E-state index in [1.54, 1.807) is 12.1 Å². The highest BCUT2D eigenvalue weighted by atomic mass is 35.5. The first-order valence-corrected chi connectivity index (χ1v) is 10.2. The Labute approximate surface area is 177 Å². The Kier molecular flexibility index (Phi) is 6.91. The number of hydrogen-bond donors (Lipinski definition) is 2. The van der Waals surface area contributed by atoms with Crippen molar-refractivity contribution in [3.05, 3.63) is 63.2 Å². The van der Waals surface area contributed by atoms with Crippen molar-refractivity contribution in [1.82, 2.24) is 5.32 Å². The molecular weight excluding hydrogens is 420 g/mol. The second kappa shape index (κ2) is 9.25. The maximum atomic E-state index is 14.3. The number of halogens is 5. The molecular formula is C22H23ClF4N2O. The predicted octanol–water partition coefficient (Wildman–Crippen LogP) is 5.91. The van der Waals surface area contributed by atoms with Crippen LogP contribution in [0.25, 0.3) is 0 Å². The Morgan fingerprint density at radius 1 is 1.03 bits per heavy atom. The number of hydrogen-bond acceptors (Lipinski definition) is 2. The normalized spacial score (nSPS) is 18.9. The van der Waals surface area contributed by atoms with Gasteiger partial charge in [-0.3, -0.25) is 4.79 Å². The molecule has 2 aromatic carbocycles. The lowest BCUT2D eigenvalue weighted by Gasteiger charge is -2.29. The Bertz CT molecular complexity index is 930. The highest BCUT2D eigenvalue weighted by molar-refractivity contribution is 6.34. The molecule has 30 heavy (non-hydrogen) atoms. The summed E-state index contributed by atoms with van der Waals surface area (Å²) in [6.07, 6.45) is 2.82. The minimum absolute atomic E-state index is 0.228. The molecule has 0 unspecified atom stereocenters. The summed E-state index contributed by atoms with van der Waals surface area (Å²) in [4.78, 5) is 12.5. The number of aryl methyl sites for hydroxylation is 1. The van der Waals surface area contributed by atoms with E-state index in [9.17, 15) is 22.4 Å². The van der Waals surface area contributed by atoms with E-state index < -0.39 is 39.5 Å². The summed E-state index contributed by atoms with van der Waals surface area (Å²) in [7, 11) is 0. The molecule has 0 aromatic heterocycles. The first-order chi connectivity index (χ1) is 14.2. The first kappa shape index (κ1) is 22.4. The lowest BCUT2D eigenvalue weighted by molar-refractivity contribution is 0.0918. The van der Waals surface area contributed by atoms with Crippen LogP contribution < -0.4 is 10.6 Å². The lowest BCUT2D eigenvalue weighted by Crippen LogP contribution is -2.39. The summed E-state index contributed by atoms with van der Waals surface area (Å²) in [5.74, 6) is -4.85. The molecule has 0 atom stereocenters. The van der Waals surface area contributed by atoms with Gasteiger partial charge in [0.25, 0.3) is 5.91 Å². The van der Waals surface area contributed by atoms with E-state index in [0.717, 1.165) is 25.3 Å². The SMILES string of the molecule is Cc1ccc(F)c(NCC2CCC(NC(=O)c3c(F)c(C)c(F)c(F)c3Cl)CC2)c1. The second-order valence-electron chi connectivity index (χ2n) is 7.81. The van der Waals surface area contributed by atoms with E-state index in [1.807, 2.05) is 6.92 Å². The Morgan fingerprint density at radius 3 is 2.37 bits per heavy atom. The zero-order valence-corrected chi connectivity index (χ0v) is 17.5. The summed E-state index contributed by atoms with van der Waals surface area (Å²) in [6, 6.07) is 4.66. The maximum absolute atomic E-state index is 14.3. The number of carbonyl (C=O) groups excluding carboxylic acids is 1. The molecule has 0 saturated heterocycles. The molecule has 3 nitrogen and oxygen atoms in total. The quantitative estimate of drug-likeness (QED) is 0.343. The average molecular weight is 443 g/mol. The van der Waals surface area contributed by atoms with Crippen molar-refractivity contribution in [1.29, 1.82) is 0 Å². The van der Waals surface area contributed by atoms with Crippen LogP contribution in [0.4, 0.5) is 23.2 Å². The van der Waals surface area contributed by atoms with Crippen molar-refractivity contribution in [2.75, 3.05) is 11.9 Å². The Balaban J connectivity index is 1.56. The van der Waals surface area contributed by atoms with Gasteiger partial charge in [0.05, 0.1) is 16.3 Å². The average Bonchev–Trinajstić information content (AvgIpc) is 2.72. The summed E-state index contributed by atoms with van der Waals surface area (Å²) in [6.45, 7) is 3.54.